The first-order valence-electron chi connectivity index (χ1n) is 28.6. The van der Waals surface area contributed by atoms with Gasteiger partial charge in [-0.15, -0.1) is 0 Å². The summed E-state index contributed by atoms with van der Waals surface area (Å²) in [5.74, 6) is 2.81. The van der Waals surface area contributed by atoms with Crippen molar-refractivity contribution in [1.82, 2.24) is 0 Å². The van der Waals surface area contributed by atoms with Gasteiger partial charge < -0.3 is 18.6 Å². The largest absolute Gasteiger partial charge is 0.456 e. The number of furan rings is 2. The molecule has 0 N–H and O–H groups in total. The van der Waals surface area contributed by atoms with Crippen molar-refractivity contribution in [3.63, 3.8) is 0 Å². The fourth-order valence-electron chi connectivity index (χ4n) is 16.0. The lowest BCUT2D eigenvalue weighted by molar-refractivity contribution is -0.0393. The first-order chi connectivity index (χ1) is 37.9. The number of benzene rings is 10. The summed E-state index contributed by atoms with van der Waals surface area (Å²) < 4.78 is 13.1. The molecule has 5 aliphatic rings. The first-order valence-corrected chi connectivity index (χ1v) is 28.6. The summed E-state index contributed by atoms with van der Waals surface area (Å²) in [4.78, 5) is 4.98. The lowest BCUT2D eigenvalue weighted by atomic mass is 9.43. The lowest BCUT2D eigenvalue weighted by Crippen LogP contribution is -2.55. The van der Waals surface area contributed by atoms with Crippen molar-refractivity contribution in [3.8, 4) is 11.1 Å². The molecule has 10 aromatic carbocycles. The number of anilines is 6. The van der Waals surface area contributed by atoms with Crippen LogP contribution in [0.15, 0.2) is 203 Å². The van der Waals surface area contributed by atoms with E-state index in [4.69, 9.17) is 8.83 Å². The van der Waals surface area contributed by atoms with Gasteiger partial charge in [0.15, 0.2) is 0 Å². The SMILES string of the molecule is CC(C)(C)c1ccc(N(c2ccc3cc4c(cc3c2)C2(c3c-4ccc4ccc(N(c5ccc(C(C)(C)C)cc5)c5cccc6oc7ccccc7c56)cc34)C3CC4CC(C3)CC2C4)c2cccc3oc4ccccc4c23)cc1. The second-order valence-corrected chi connectivity index (χ2v) is 25.8. The van der Waals surface area contributed by atoms with Gasteiger partial charge in [0.2, 0.25) is 0 Å². The molecule has 17 rings (SSSR count). The summed E-state index contributed by atoms with van der Waals surface area (Å²) in [6.07, 6.45) is 6.64. The van der Waals surface area contributed by atoms with Gasteiger partial charge in [-0.05, 0) is 219 Å². The molecule has 0 aliphatic heterocycles. The predicted molar refractivity (Wildman–Crippen MR) is 326 cm³/mol. The van der Waals surface area contributed by atoms with E-state index in [0.717, 1.165) is 89.8 Å². The number of rotatable bonds is 6. The second-order valence-electron chi connectivity index (χ2n) is 25.8. The quantitative estimate of drug-likeness (QED) is 0.166. The van der Waals surface area contributed by atoms with Gasteiger partial charge in [-0.1, -0.05) is 139 Å². The maximum Gasteiger partial charge on any atom is 0.137 e. The maximum atomic E-state index is 6.58. The number of nitrogens with zero attached hydrogens (tertiary/aromatic N) is 2. The van der Waals surface area contributed by atoms with Gasteiger partial charge >= 0.3 is 0 Å². The van der Waals surface area contributed by atoms with Gasteiger partial charge in [0, 0.05) is 38.9 Å². The molecule has 4 bridgehead atoms. The molecular weight excluding hydrogens is 949 g/mol. The molecule has 0 atom stereocenters. The van der Waals surface area contributed by atoms with Crippen LogP contribution in [-0.4, -0.2) is 0 Å². The van der Waals surface area contributed by atoms with Crippen molar-refractivity contribution in [2.24, 2.45) is 23.7 Å². The summed E-state index contributed by atoms with van der Waals surface area (Å²) in [6.45, 7) is 13.8. The maximum absolute atomic E-state index is 6.58. The summed E-state index contributed by atoms with van der Waals surface area (Å²) >= 11 is 0. The third-order valence-electron chi connectivity index (χ3n) is 19.3. The van der Waals surface area contributed by atoms with Crippen molar-refractivity contribution in [3.05, 3.63) is 216 Å². The lowest BCUT2D eigenvalue weighted by Gasteiger charge is -2.61. The average Bonchev–Trinajstić information content (AvgIpc) is 3.96. The Balaban J connectivity index is 0.910. The van der Waals surface area contributed by atoms with Crippen LogP contribution >= 0.6 is 0 Å². The molecule has 78 heavy (non-hydrogen) atoms. The van der Waals surface area contributed by atoms with E-state index >= 15 is 0 Å². The highest BCUT2D eigenvalue weighted by Gasteiger charge is 2.62. The van der Waals surface area contributed by atoms with Gasteiger partial charge in [-0.25, -0.2) is 0 Å². The van der Waals surface area contributed by atoms with Gasteiger partial charge in [-0.3, -0.25) is 0 Å². The van der Waals surface area contributed by atoms with Crippen molar-refractivity contribution < 1.29 is 8.83 Å². The van der Waals surface area contributed by atoms with Crippen LogP contribution in [-0.2, 0) is 16.2 Å². The normalized spacial score (nSPS) is 20.5. The van der Waals surface area contributed by atoms with E-state index < -0.39 is 0 Å². The molecule has 4 nitrogen and oxygen atoms in total. The Morgan fingerprint density at radius 1 is 0.385 bits per heavy atom. The third-order valence-corrected chi connectivity index (χ3v) is 19.3. The zero-order valence-electron chi connectivity index (χ0n) is 45.5. The van der Waals surface area contributed by atoms with Gasteiger partial charge in [0.1, 0.15) is 22.3 Å². The molecule has 0 amide bonds. The Kier molecular flexibility index (Phi) is 9.73. The summed E-state index contributed by atoms with van der Waals surface area (Å²) in [5.41, 5.74) is 19.0. The summed E-state index contributed by atoms with van der Waals surface area (Å²) in [5, 5.41) is 9.81. The molecule has 12 aromatic rings. The zero-order chi connectivity index (χ0) is 52.4. The summed E-state index contributed by atoms with van der Waals surface area (Å²) in [6, 6.07) is 73.4. The Hall–Kier alpha value is -8.08. The van der Waals surface area contributed by atoms with E-state index in [1.165, 1.54) is 75.9 Å². The highest BCUT2D eigenvalue weighted by molar-refractivity contribution is 6.15. The van der Waals surface area contributed by atoms with Crippen LogP contribution in [0.4, 0.5) is 34.1 Å². The van der Waals surface area contributed by atoms with E-state index in [1.807, 2.05) is 0 Å². The van der Waals surface area contributed by atoms with Crippen molar-refractivity contribution in [1.29, 1.82) is 0 Å². The van der Waals surface area contributed by atoms with E-state index in [-0.39, 0.29) is 16.2 Å². The van der Waals surface area contributed by atoms with Crippen LogP contribution in [0.3, 0.4) is 0 Å². The molecule has 0 saturated heterocycles. The Bertz CT molecular complexity index is 4400. The minimum Gasteiger partial charge on any atom is -0.456 e. The molecule has 4 heteroatoms. The molecule has 0 radical (unpaired) electrons. The zero-order valence-corrected chi connectivity index (χ0v) is 45.5. The van der Waals surface area contributed by atoms with E-state index in [9.17, 15) is 0 Å². The predicted octanol–water partition coefficient (Wildman–Crippen LogP) is 21.0. The second kappa shape index (κ2) is 16.5. The van der Waals surface area contributed by atoms with Gasteiger partial charge in [-0.2, -0.15) is 0 Å². The van der Waals surface area contributed by atoms with Crippen LogP contribution in [0, 0.1) is 23.7 Å². The van der Waals surface area contributed by atoms with Crippen molar-refractivity contribution in [2.45, 2.75) is 89.9 Å². The Morgan fingerprint density at radius 3 is 1.40 bits per heavy atom. The number of hydrogen-bond acceptors (Lipinski definition) is 4. The van der Waals surface area contributed by atoms with E-state index in [1.54, 1.807) is 11.1 Å². The van der Waals surface area contributed by atoms with Crippen LogP contribution < -0.4 is 9.80 Å². The molecule has 2 aromatic heterocycles. The Labute approximate surface area is 456 Å². The standard InChI is InChI=1S/C74H64N2O2/c1-72(2,3)49-24-30-53(31-25-49)75(63-15-11-19-67-69(63)58-13-7-9-17-65(58)77-67)55-29-22-47-41-61-57-34-23-46-21-28-56(43-60(46)71(57)74(62(61)42-48(47)40-55)51-36-44-35-45(38-51)39-52(74)37-44)76(54-32-26-50(27-33-54)73(4,5)6)64-16-12-20-68-70(64)59-14-8-10-18-66(59)78-68/h7-34,40-45,51-52H,35-39H2,1-6H3. The topological polar surface area (TPSA) is 32.8 Å². The van der Waals surface area contributed by atoms with Crippen molar-refractivity contribution in [2.75, 3.05) is 9.80 Å². The molecule has 0 unspecified atom stereocenters. The molecule has 4 fully saturated rings. The monoisotopic (exact) mass is 1010 g/mol. The number of para-hydroxylation sites is 2. The molecule has 382 valence electrons. The average molecular weight is 1010 g/mol. The van der Waals surface area contributed by atoms with Crippen molar-refractivity contribution >= 4 is 99.5 Å². The molecule has 5 aliphatic carbocycles. The molecule has 1 spiro atoms. The fraction of sp³-hybridized carbons (Fsp3) is 0.243. The van der Waals surface area contributed by atoms with Crippen LogP contribution in [0.25, 0.3) is 76.5 Å². The van der Waals surface area contributed by atoms with Gasteiger partial charge in [0.25, 0.3) is 0 Å². The summed E-state index contributed by atoms with van der Waals surface area (Å²) in [7, 11) is 0. The Morgan fingerprint density at radius 2 is 0.859 bits per heavy atom. The van der Waals surface area contributed by atoms with Crippen LogP contribution in [0.2, 0.25) is 0 Å². The minimum atomic E-state index is -0.0931. The van der Waals surface area contributed by atoms with E-state index in [0.29, 0.717) is 11.8 Å². The van der Waals surface area contributed by atoms with E-state index in [2.05, 4.69) is 245 Å². The molecular formula is C74H64N2O2. The number of fused-ring (bicyclic) bond motifs is 12. The third kappa shape index (κ3) is 6.71. The van der Waals surface area contributed by atoms with Gasteiger partial charge in [0.05, 0.1) is 22.1 Å². The highest BCUT2D eigenvalue weighted by atomic mass is 16.3. The highest BCUT2D eigenvalue weighted by Crippen LogP contribution is 2.71. The number of hydrogen-bond donors (Lipinski definition) is 0. The smallest absolute Gasteiger partial charge is 0.137 e. The van der Waals surface area contributed by atoms with Crippen LogP contribution in [0.5, 0.6) is 0 Å². The van der Waals surface area contributed by atoms with Crippen LogP contribution in [0.1, 0.15) is 95.9 Å². The molecule has 4 saturated carbocycles. The first kappa shape index (κ1) is 46.1. The minimum absolute atomic E-state index is 0.0317. The molecule has 2 heterocycles. The fourth-order valence-corrected chi connectivity index (χ4v) is 16.0.